The minimum absolute atomic E-state index is 0.240. The van der Waals surface area contributed by atoms with Crippen molar-refractivity contribution in [3.8, 4) is 0 Å². The van der Waals surface area contributed by atoms with Gasteiger partial charge in [0.25, 0.3) is 5.91 Å². The van der Waals surface area contributed by atoms with Gasteiger partial charge in [0, 0.05) is 13.1 Å². The van der Waals surface area contributed by atoms with Gasteiger partial charge in [0.2, 0.25) is 5.91 Å². The maximum absolute atomic E-state index is 12.2. The maximum Gasteiger partial charge on any atom is 0.337 e. The van der Waals surface area contributed by atoms with Gasteiger partial charge in [0.1, 0.15) is 12.6 Å². The highest BCUT2D eigenvalue weighted by atomic mass is 16.5. The van der Waals surface area contributed by atoms with E-state index < -0.39 is 17.9 Å². The molecular weight excluding hydrogens is 326 g/mol. The van der Waals surface area contributed by atoms with Gasteiger partial charge in [-0.2, -0.15) is 0 Å². The van der Waals surface area contributed by atoms with Crippen LogP contribution in [-0.4, -0.2) is 59.9 Å². The Bertz CT molecular complexity index is 693. The van der Waals surface area contributed by atoms with Crippen LogP contribution in [0.4, 0.5) is 4.79 Å². The second-order valence-corrected chi connectivity index (χ2v) is 6.02. The van der Waals surface area contributed by atoms with Crippen molar-refractivity contribution >= 4 is 23.8 Å². The molecule has 2 saturated heterocycles. The van der Waals surface area contributed by atoms with Crippen molar-refractivity contribution in [1.82, 2.24) is 15.1 Å². The van der Waals surface area contributed by atoms with Gasteiger partial charge in [-0.05, 0) is 30.5 Å². The summed E-state index contributed by atoms with van der Waals surface area (Å²) < 4.78 is 4.62. The molecule has 0 spiro atoms. The van der Waals surface area contributed by atoms with E-state index in [0.29, 0.717) is 18.5 Å². The number of methoxy groups -OCH3 is 1. The molecule has 1 N–H and O–H groups in total. The Labute approximate surface area is 144 Å². The number of hydrogen-bond acceptors (Lipinski definition) is 5. The molecule has 0 saturated carbocycles. The summed E-state index contributed by atoms with van der Waals surface area (Å²) in [5, 5.41) is 2.68. The summed E-state index contributed by atoms with van der Waals surface area (Å²) in [6, 6.07) is 5.84. The first-order valence-corrected chi connectivity index (χ1v) is 8.07. The highest BCUT2D eigenvalue weighted by Crippen LogP contribution is 2.26. The van der Waals surface area contributed by atoms with Crippen LogP contribution in [0.25, 0.3) is 0 Å². The summed E-state index contributed by atoms with van der Waals surface area (Å²) in [5.41, 5.74) is 1.21. The highest BCUT2D eigenvalue weighted by molar-refractivity contribution is 6.06. The average Bonchev–Trinajstić information content (AvgIpc) is 3.19. The second-order valence-electron chi connectivity index (χ2n) is 6.02. The molecule has 0 radical (unpaired) electrons. The van der Waals surface area contributed by atoms with E-state index in [-0.39, 0.29) is 25.0 Å². The number of ether oxygens (including phenoxy) is 1. The van der Waals surface area contributed by atoms with Crippen molar-refractivity contribution in [2.24, 2.45) is 0 Å². The van der Waals surface area contributed by atoms with E-state index in [1.807, 2.05) is 0 Å². The van der Waals surface area contributed by atoms with E-state index in [4.69, 9.17) is 0 Å². The quantitative estimate of drug-likeness (QED) is 0.620. The van der Waals surface area contributed by atoms with Crippen LogP contribution in [0.3, 0.4) is 0 Å². The number of esters is 1. The molecule has 1 atom stereocenters. The molecule has 2 aliphatic rings. The zero-order chi connectivity index (χ0) is 18.0. The fourth-order valence-corrected chi connectivity index (χ4v) is 3.10. The fraction of sp³-hybridized carbons (Fsp3) is 0.412. The van der Waals surface area contributed by atoms with Crippen molar-refractivity contribution < 1.29 is 23.9 Å². The normalized spacial score (nSPS) is 19.2. The number of carbonyl (C=O) groups excluding carboxylic acids is 4. The molecule has 3 rings (SSSR count). The third-order valence-corrected chi connectivity index (χ3v) is 4.45. The zero-order valence-electron chi connectivity index (χ0n) is 13.9. The van der Waals surface area contributed by atoms with Crippen LogP contribution in [0.5, 0.6) is 0 Å². The predicted molar refractivity (Wildman–Crippen MR) is 86.5 cm³/mol. The Morgan fingerprint density at radius 3 is 2.60 bits per heavy atom. The van der Waals surface area contributed by atoms with Gasteiger partial charge in [-0.3, -0.25) is 14.5 Å². The molecule has 0 aliphatic carbocycles. The summed E-state index contributed by atoms with van der Waals surface area (Å²) in [4.78, 5) is 50.3. The van der Waals surface area contributed by atoms with Crippen molar-refractivity contribution in [2.75, 3.05) is 20.2 Å². The smallest absolute Gasteiger partial charge is 0.337 e. The Morgan fingerprint density at radius 1 is 1.24 bits per heavy atom. The average molecular weight is 345 g/mol. The minimum atomic E-state index is -0.429. The van der Waals surface area contributed by atoms with Gasteiger partial charge in [-0.25, -0.2) is 9.59 Å². The lowest BCUT2D eigenvalue weighted by molar-refractivity contribution is -0.132. The number of nitrogens with zero attached hydrogens (tertiary/aromatic N) is 2. The predicted octanol–water partition coefficient (Wildman–Crippen LogP) is 0.516. The van der Waals surface area contributed by atoms with Crippen LogP contribution in [0, 0.1) is 0 Å². The Kier molecular flexibility index (Phi) is 4.69. The number of amides is 4. The summed E-state index contributed by atoms with van der Waals surface area (Å²) in [6.07, 6.45) is 1.49. The molecular formula is C17H19N3O5. The number of hydrogen-bond donors (Lipinski definition) is 1. The SMILES string of the molecule is COC(=O)c1ccc(CNC(=O)CN2C(=O)C3CCCN3C2=O)cc1. The van der Waals surface area contributed by atoms with E-state index in [2.05, 4.69) is 10.1 Å². The van der Waals surface area contributed by atoms with Gasteiger partial charge in [-0.15, -0.1) is 0 Å². The van der Waals surface area contributed by atoms with Crippen LogP contribution in [0.2, 0.25) is 0 Å². The molecule has 132 valence electrons. The molecule has 1 unspecified atom stereocenters. The van der Waals surface area contributed by atoms with Crippen molar-refractivity contribution in [3.05, 3.63) is 35.4 Å². The number of urea groups is 1. The van der Waals surface area contributed by atoms with Gasteiger partial charge >= 0.3 is 12.0 Å². The third kappa shape index (κ3) is 3.33. The zero-order valence-corrected chi connectivity index (χ0v) is 13.9. The Morgan fingerprint density at radius 2 is 1.96 bits per heavy atom. The number of carbonyl (C=O) groups is 4. The van der Waals surface area contributed by atoms with E-state index >= 15 is 0 Å². The van der Waals surface area contributed by atoms with Gasteiger partial charge < -0.3 is 15.0 Å². The lowest BCUT2D eigenvalue weighted by atomic mass is 10.1. The van der Waals surface area contributed by atoms with E-state index in [0.717, 1.165) is 16.9 Å². The molecule has 2 fully saturated rings. The molecule has 8 nitrogen and oxygen atoms in total. The van der Waals surface area contributed by atoms with Crippen molar-refractivity contribution in [2.45, 2.75) is 25.4 Å². The Hall–Kier alpha value is -2.90. The standard InChI is InChI=1S/C17H19N3O5/c1-25-16(23)12-6-4-11(5-7-12)9-18-14(21)10-20-15(22)13-3-2-8-19(13)17(20)24/h4-7,13H,2-3,8-10H2,1H3,(H,18,21). The topological polar surface area (TPSA) is 96.0 Å². The van der Waals surface area contributed by atoms with Crippen LogP contribution in [-0.2, 0) is 20.9 Å². The fourth-order valence-electron chi connectivity index (χ4n) is 3.10. The first-order chi connectivity index (χ1) is 12.0. The van der Waals surface area contributed by atoms with Crippen molar-refractivity contribution in [1.29, 1.82) is 0 Å². The lowest BCUT2D eigenvalue weighted by Crippen LogP contribution is -2.41. The molecule has 0 aromatic heterocycles. The maximum atomic E-state index is 12.2. The minimum Gasteiger partial charge on any atom is -0.465 e. The molecule has 25 heavy (non-hydrogen) atoms. The van der Waals surface area contributed by atoms with Crippen LogP contribution in [0.15, 0.2) is 24.3 Å². The van der Waals surface area contributed by atoms with E-state index in [1.54, 1.807) is 24.3 Å². The monoisotopic (exact) mass is 345 g/mol. The number of benzene rings is 1. The third-order valence-electron chi connectivity index (χ3n) is 4.45. The summed E-state index contributed by atoms with van der Waals surface area (Å²) >= 11 is 0. The largest absolute Gasteiger partial charge is 0.465 e. The molecule has 8 heteroatoms. The number of nitrogens with one attached hydrogen (secondary N) is 1. The van der Waals surface area contributed by atoms with E-state index in [1.165, 1.54) is 12.0 Å². The summed E-state index contributed by atoms with van der Waals surface area (Å²) in [7, 11) is 1.31. The lowest BCUT2D eigenvalue weighted by Gasteiger charge is -2.15. The van der Waals surface area contributed by atoms with Crippen molar-refractivity contribution in [3.63, 3.8) is 0 Å². The first kappa shape index (κ1) is 16.9. The molecule has 2 aliphatic heterocycles. The van der Waals surface area contributed by atoms with Gasteiger partial charge in [0.15, 0.2) is 0 Å². The highest BCUT2D eigenvalue weighted by Gasteiger charge is 2.47. The number of rotatable bonds is 5. The molecule has 1 aromatic carbocycles. The number of fused-ring (bicyclic) bond motifs is 1. The molecule has 1 aromatic rings. The van der Waals surface area contributed by atoms with Crippen LogP contribution in [0.1, 0.15) is 28.8 Å². The summed E-state index contributed by atoms with van der Waals surface area (Å²) in [6.45, 7) is 0.536. The number of imide groups is 1. The van der Waals surface area contributed by atoms with Gasteiger partial charge in [0.05, 0.1) is 12.7 Å². The van der Waals surface area contributed by atoms with Gasteiger partial charge in [-0.1, -0.05) is 12.1 Å². The molecule has 2 heterocycles. The summed E-state index contributed by atoms with van der Waals surface area (Å²) in [5.74, 6) is -1.12. The second kappa shape index (κ2) is 6.92. The van der Waals surface area contributed by atoms with Crippen LogP contribution < -0.4 is 5.32 Å². The Balaban J connectivity index is 1.52. The molecule has 0 bridgehead atoms. The first-order valence-electron chi connectivity index (χ1n) is 8.07. The van der Waals surface area contributed by atoms with E-state index in [9.17, 15) is 19.2 Å². The molecule has 4 amide bonds. The van der Waals surface area contributed by atoms with Crippen LogP contribution >= 0.6 is 0 Å².